The molecule has 2 nitrogen and oxygen atoms in total. The molecule has 0 spiro atoms. The maximum Gasteiger partial charge on any atom is 0.150 e. The standard InChI is InChI=1S/C13H13BrF2N2/c1-2-18-4-3-9(8-18)7-17-13-11(14)5-10(15)6-12(13)16/h3-6,8,17H,2,7H2,1H3. The third-order valence-corrected chi connectivity index (χ3v) is 3.28. The number of aryl methyl sites for hydroxylation is 1. The molecule has 0 saturated heterocycles. The Kier molecular flexibility index (Phi) is 4.01. The first-order valence-corrected chi connectivity index (χ1v) is 6.42. The van der Waals surface area contributed by atoms with Gasteiger partial charge >= 0.3 is 0 Å². The molecule has 1 heterocycles. The third-order valence-electron chi connectivity index (χ3n) is 2.65. The Morgan fingerprint density at radius 2 is 2.11 bits per heavy atom. The number of nitrogens with zero attached hydrogens (tertiary/aromatic N) is 1. The van der Waals surface area contributed by atoms with Crippen LogP contribution in [0.3, 0.4) is 0 Å². The summed E-state index contributed by atoms with van der Waals surface area (Å²) in [7, 11) is 0. The fourth-order valence-corrected chi connectivity index (χ4v) is 2.24. The number of halogens is 3. The number of nitrogens with one attached hydrogen (secondary N) is 1. The molecule has 1 aromatic carbocycles. The van der Waals surface area contributed by atoms with Crippen LogP contribution in [0.25, 0.3) is 0 Å². The highest BCUT2D eigenvalue weighted by molar-refractivity contribution is 9.10. The Morgan fingerprint density at radius 1 is 1.33 bits per heavy atom. The summed E-state index contributed by atoms with van der Waals surface area (Å²) in [5.74, 6) is -1.20. The van der Waals surface area contributed by atoms with Crippen molar-refractivity contribution in [3.63, 3.8) is 0 Å². The third kappa shape index (κ3) is 2.90. The first kappa shape index (κ1) is 13.1. The maximum atomic E-state index is 13.5. The lowest BCUT2D eigenvalue weighted by molar-refractivity contribution is 0.583. The predicted octanol–water partition coefficient (Wildman–Crippen LogP) is 4.16. The van der Waals surface area contributed by atoms with E-state index in [4.69, 9.17) is 0 Å². The van der Waals surface area contributed by atoms with Gasteiger partial charge in [0.05, 0.1) is 5.69 Å². The van der Waals surface area contributed by atoms with Crippen molar-refractivity contribution >= 4 is 21.6 Å². The molecule has 0 atom stereocenters. The van der Waals surface area contributed by atoms with Gasteiger partial charge in [-0.25, -0.2) is 8.78 Å². The molecular formula is C13H13BrF2N2. The lowest BCUT2D eigenvalue weighted by atomic mass is 10.2. The van der Waals surface area contributed by atoms with Crippen molar-refractivity contribution in [2.24, 2.45) is 0 Å². The van der Waals surface area contributed by atoms with E-state index in [-0.39, 0.29) is 5.69 Å². The Hall–Kier alpha value is -1.36. The van der Waals surface area contributed by atoms with Crippen LogP contribution in [0, 0.1) is 11.6 Å². The average molecular weight is 315 g/mol. The monoisotopic (exact) mass is 314 g/mol. The van der Waals surface area contributed by atoms with E-state index in [1.165, 1.54) is 6.07 Å². The Morgan fingerprint density at radius 3 is 2.72 bits per heavy atom. The minimum Gasteiger partial charge on any atom is -0.378 e. The van der Waals surface area contributed by atoms with Crippen LogP contribution in [0.2, 0.25) is 0 Å². The lowest BCUT2D eigenvalue weighted by Gasteiger charge is -2.09. The summed E-state index contributed by atoms with van der Waals surface area (Å²) in [6.45, 7) is 3.44. The predicted molar refractivity (Wildman–Crippen MR) is 71.5 cm³/mol. The van der Waals surface area contributed by atoms with E-state index in [9.17, 15) is 8.78 Å². The Bertz CT molecular complexity index is 529. The number of aromatic nitrogens is 1. The molecule has 0 aliphatic heterocycles. The summed E-state index contributed by atoms with van der Waals surface area (Å²) in [5, 5.41) is 2.96. The van der Waals surface area contributed by atoms with Gasteiger partial charge in [0, 0.05) is 36.0 Å². The van der Waals surface area contributed by atoms with E-state index in [1.54, 1.807) is 0 Å². The highest BCUT2D eigenvalue weighted by atomic mass is 79.9. The van der Waals surface area contributed by atoms with Crippen LogP contribution in [0.1, 0.15) is 12.5 Å². The van der Waals surface area contributed by atoms with Gasteiger partial charge in [-0.05, 0) is 40.5 Å². The maximum absolute atomic E-state index is 13.5. The molecule has 18 heavy (non-hydrogen) atoms. The molecule has 96 valence electrons. The van der Waals surface area contributed by atoms with Crippen LogP contribution in [-0.2, 0) is 13.1 Å². The molecule has 0 saturated carbocycles. The van der Waals surface area contributed by atoms with Gasteiger partial charge in [0.25, 0.3) is 0 Å². The second-order valence-electron chi connectivity index (χ2n) is 3.95. The minimum atomic E-state index is -0.600. The number of benzene rings is 1. The molecule has 0 unspecified atom stereocenters. The van der Waals surface area contributed by atoms with Crippen molar-refractivity contribution in [3.8, 4) is 0 Å². The average Bonchev–Trinajstić information content (AvgIpc) is 2.75. The smallest absolute Gasteiger partial charge is 0.150 e. The molecule has 0 amide bonds. The lowest BCUT2D eigenvalue weighted by Crippen LogP contribution is -2.02. The fourth-order valence-electron chi connectivity index (χ4n) is 1.69. The van der Waals surface area contributed by atoms with Gasteiger partial charge in [-0.15, -0.1) is 0 Å². The SMILES string of the molecule is CCn1ccc(CNc2c(F)cc(F)cc2Br)c1. The van der Waals surface area contributed by atoms with Crippen LogP contribution in [0.5, 0.6) is 0 Å². The number of anilines is 1. The van der Waals surface area contributed by atoms with E-state index >= 15 is 0 Å². The minimum absolute atomic E-state index is 0.278. The van der Waals surface area contributed by atoms with E-state index in [2.05, 4.69) is 21.2 Å². The molecule has 1 aromatic heterocycles. The molecule has 0 aliphatic rings. The summed E-state index contributed by atoms with van der Waals surface area (Å²) in [5.41, 5.74) is 1.33. The van der Waals surface area contributed by atoms with Gasteiger partial charge in [0.15, 0.2) is 0 Å². The molecule has 0 radical (unpaired) electrons. The van der Waals surface area contributed by atoms with Gasteiger partial charge in [-0.2, -0.15) is 0 Å². The Labute approximate surface area is 113 Å². The molecule has 1 N–H and O–H groups in total. The van der Waals surface area contributed by atoms with E-state index < -0.39 is 11.6 Å². The topological polar surface area (TPSA) is 17.0 Å². The summed E-state index contributed by atoms with van der Waals surface area (Å²) < 4.78 is 28.9. The summed E-state index contributed by atoms with van der Waals surface area (Å²) in [6.07, 6.45) is 3.95. The van der Waals surface area contributed by atoms with Crippen molar-refractivity contribution in [2.75, 3.05) is 5.32 Å². The Balaban J connectivity index is 2.10. The number of hydrogen-bond acceptors (Lipinski definition) is 1. The van der Waals surface area contributed by atoms with Crippen LogP contribution in [0.15, 0.2) is 35.1 Å². The summed E-state index contributed by atoms with van der Waals surface area (Å²) in [6, 6.07) is 4.07. The van der Waals surface area contributed by atoms with E-state index in [1.807, 2.05) is 30.0 Å². The molecule has 2 rings (SSSR count). The molecule has 5 heteroatoms. The zero-order chi connectivity index (χ0) is 13.1. The van der Waals surface area contributed by atoms with Crippen LogP contribution >= 0.6 is 15.9 Å². The van der Waals surface area contributed by atoms with Crippen LogP contribution < -0.4 is 5.32 Å². The van der Waals surface area contributed by atoms with Crippen LogP contribution in [-0.4, -0.2) is 4.57 Å². The van der Waals surface area contributed by atoms with Crippen LogP contribution in [0.4, 0.5) is 14.5 Å². The van der Waals surface area contributed by atoms with Crippen molar-refractivity contribution in [3.05, 3.63) is 52.3 Å². The fraction of sp³-hybridized carbons (Fsp3) is 0.231. The zero-order valence-corrected chi connectivity index (χ0v) is 11.5. The highest BCUT2D eigenvalue weighted by Crippen LogP contribution is 2.27. The van der Waals surface area contributed by atoms with Gasteiger partial charge in [0.2, 0.25) is 0 Å². The number of hydrogen-bond donors (Lipinski definition) is 1. The molecule has 0 aliphatic carbocycles. The first-order valence-electron chi connectivity index (χ1n) is 5.63. The quantitative estimate of drug-likeness (QED) is 0.896. The summed E-state index contributed by atoms with van der Waals surface area (Å²) >= 11 is 3.14. The zero-order valence-electron chi connectivity index (χ0n) is 9.88. The molecule has 0 fully saturated rings. The highest BCUT2D eigenvalue weighted by Gasteiger charge is 2.09. The van der Waals surface area contributed by atoms with Crippen molar-refractivity contribution in [1.82, 2.24) is 4.57 Å². The van der Waals surface area contributed by atoms with E-state index in [0.717, 1.165) is 18.2 Å². The van der Waals surface area contributed by atoms with E-state index in [0.29, 0.717) is 11.0 Å². The second kappa shape index (κ2) is 5.52. The molecule has 0 bridgehead atoms. The van der Waals surface area contributed by atoms with Gasteiger partial charge in [0.1, 0.15) is 11.6 Å². The van der Waals surface area contributed by atoms with Crippen molar-refractivity contribution in [1.29, 1.82) is 0 Å². The van der Waals surface area contributed by atoms with Gasteiger partial charge in [-0.3, -0.25) is 0 Å². The van der Waals surface area contributed by atoms with Crippen molar-refractivity contribution in [2.45, 2.75) is 20.0 Å². The molecule has 2 aromatic rings. The number of rotatable bonds is 4. The molecular weight excluding hydrogens is 302 g/mol. The van der Waals surface area contributed by atoms with Gasteiger partial charge < -0.3 is 9.88 Å². The largest absolute Gasteiger partial charge is 0.378 e. The second-order valence-corrected chi connectivity index (χ2v) is 4.80. The van der Waals surface area contributed by atoms with Gasteiger partial charge in [-0.1, -0.05) is 0 Å². The summed E-state index contributed by atoms with van der Waals surface area (Å²) in [4.78, 5) is 0. The normalized spacial score (nSPS) is 10.7. The first-order chi connectivity index (χ1) is 8.60. The van der Waals surface area contributed by atoms with Crippen molar-refractivity contribution < 1.29 is 8.78 Å².